The van der Waals surface area contributed by atoms with Gasteiger partial charge in [0.15, 0.2) is 0 Å². The smallest absolute Gasteiger partial charge is 0.767 e. The van der Waals surface area contributed by atoms with E-state index in [1.54, 1.807) is 14.0 Å². The first-order chi connectivity index (χ1) is 5.52. The minimum absolute atomic E-state index is 0. The minimum Gasteiger partial charge on any atom is -0.767 e. The van der Waals surface area contributed by atoms with E-state index in [1.165, 1.54) is 10.7 Å². The van der Waals surface area contributed by atoms with Crippen molar-refractivity contribution in [3.63, 3.8) is 0 Å². The summed E-state index contributed by atoms with van der Waals surface area (Å²) in [6, 6.07) is 1.34. The number of aryl methyl sites for hydroxylation is 1. The number of aliphatic hydroxyl groups is 1. The molecule has 0 saturated carbocycles. The fourth-order valence-corrected chi connectivity index (χ4v) is 1.33. The van der Waals surface area contributed by atoms with E-state index >= 15 is 0 Å². The molecule has 0 saturated heterocycles. The predicted molar refractivity (Wildman–Crippen MR) is 41.0 cm³/mol. The van der Waals surface area contributed by atoms with Gasteiger partial charge in [-0.25, -0.2) is 0 Å². The molecule has 0 radical (unpaired) electrons. The summed E-state index contributed by atoms with van der Waals surface area (Å²) < 4.78 is 22.2. The molecule has 2 atom stereocenters. The molecule has 1 N–H and O–H groups in total. The largest absolute Gasteiger partial charge is 1.00 e. The van der Waals surface area contributed by atoms with Crippen LogP contribution in [0.5, 0.6) is 0 Å². The summed E-state index contributed by atoms with van der Waals surface area (Å²) in [5.74, 6) is 0. The van der Waals surface area contributed by atoms with Crippen molar-refractivity contribution in [1.82, 2.24) is 9.78 Å². The van der Waals surface area contributed by atoms with Crippen LogP contribution in [0, 0.1) is 0 Å². The zero-order valence-electron chi connectivity index (χ0n) is 7.72. The first kappa shape index (κ1) is 13.3. The van der Waals surface area contributed by atoms with Crippen molar-refractivity contribution >= 4 is 11.1 Å². The van der Waals surface area contributed by atoms with Crippen molar-refractivity contribution in [3.8, 4) is 0 Å². The Kier molecular flexibility index (Phi) is 5.35. The summed E-state index contributed by atoms with van der Waals surface area (Å²) >= 11 is -2.33. The van der Waals surface area contributed by atoms with E-state index in [2.05, 4.69) is 5.10 Å². The third-order valence-electron chi connectivity index (χ3n) is 1.49. The molecule has 1 heterocycles. The first-order valence-electron chi connectivity index (χ1n) is 3.33. The van der Waals surface area contributed by atoms with Crippen LogP contribution in [0.4, 0.5) is 0 Å². The Morgan fingerprint density at radius 1 is 1.77 bits per heavy atom. The Balaban J connectivity index is 0.00000144. The van der Waals surface area contributed by atoms with E-state index in [1.807, 2.05) is 0 Å². The molecular formula is C6H9N2NaO3S. The molecule has 0 aliphatic heterocycles. The van der Waals surface area contributed by atoms with E-state index in [0.29, 0.717) is 5.69 Å². The second kappa shape index (κ2) is 5.23. The molecule has 1 aromatic heterocycles. The summed E-state index contributed by atoms with van der Waals surface area (Å²) in [6.45, 7) is 1.55. The van der Waals surface area contributed by atoms with E-state index < -0.39 is 17.2 Å². The van der Waals surface area contributed by atoms with E-state index in [0.717, 1.165) is 0 Å². The molecule has 5 nitrogen and oxygen atoms in total. The zero-order chi connectivity index (χ0) is 9.30. The van der Waals surface area contributed by atoms with Gasteiger partial charge in [-0.15, -0.1) is 0 Å². The molecule has 0 bridgehead atoms. The molecule has 0 aliphatic carbocycles. The fourth-order valence-electron chi connectivity index (χ4n) is 0.927. The maximum Gasteiger partial charge on any atom is 1.00 e. The molecule has 68 valence electrons. The van der Waals surface area contributed by atoms with Crippen LogP contribution < -0.4 is 29.6 Å². The van der Waals surface area contributed by atoms with Gasteiger partial charge in [-0.1, -0.05) is 0 Å². The summed E-state index contributed by atoms with van der Waals surface area (Å²) in [4.78, 5) is 0. The molecule has 0 spiro atoms. The molecule has 0 aromatic carbocycles. The summed E-state index contributed by atoms with van der Waals surface area (Å²) in [5, 5.41) is 12.8. The van der Waals surface area contributed by atoms with E-state index in [9.17, 15) is 8.76 Å². The molecule has 0 fully saturated rings. The van der Waals surface area contributed by atoms with Gasteiger partial charge >= 0.3 is 29.6 Å². The van der Waals surface area contributed by atoms with Gasteiger partial charge in [-0.2, -0.15) is 5.10 Å². The number of aromatic nitrogens is 2. The number of hydrogen-bond donors (Lipinski definition) is 1. The Morgan fingerprint density at radius 3 is 2.54 bits per heavy atom. The number of rotatable bonds is 2. The molecule has 0 amide bonds. The zero-order valence-corrected chi connectivity index (χ0v) is 10.5. The SMILES string of the molecule is CC(O)c1cc(S(=O)[O-])nn1C.[Na+]. The number of hydrogen-bond acceptors (Lipinski definition) is 4. The van der Waals surface area contributed by atoms with Crippen molar-refractivity contribution in [1.29, 1.82) is 0 Å². The monoisotopic (exact) mass is 212 g/mol. The van der Waals surface area contributed by atoms with Gasteiger partial charge in [0.2, 0.25) is 0 Å². The van der Waals surface area contributed by atoms with Gasteiger partial charge in [0.25, 0.3) is 0 Å². The summed E-state index contributed by atoms with van der Waals surface area (Å²) in [7, 11) is 1.58. The van der Waals surface area contributed by atoms with Crippen LogP contribution >= 0.6 is 0 Å². The molecule has 2 unspecified atom stereocenters. The van der Waals surface area contributed by atoms with Crippen LogP contribution in [-0.4, -0.2) is 23.6 Å². The van der Waals surface area contributed by atoms with Gasteiger partial charge in [0.1, 0.15) is 5.03 Å². The molecule has 7 heteroatoms. The second-order valence-corrected chi connectivity index (χ2v) is 3.33. The second-order valence-electron chi connectivity index (χ2n) is 2.44. The maximum atomic E-state index is 10.4. The Bertz CT molecular complexity index is 313. The third-order valence-corrected chi connectivity index (χ3v) is 2.03. The van der Waals surface area contributed by atoms with Crippen LogP contribution in [0.15, 0.2) is 11.1 Å². The van der Waals surface area contributed by atoms with Gasteiger partial charge in [0.05, 0.1) is 11.8 Å². The van der Waals surface area contributed by atoms with Gasteiger partial charge in [0, 0.05) is 7.05 Å². The van der Waals surface area contributed by atoms with Crippen molar-refractivity contribution in [2.24, 2.45) is 7.05 Å². The predicted octanol–water partition coefficient (Wildman–Crippen LogP) is -3.28. The van der Waals surface area contributed by atoms with Crippen molar-refractivity contribution in [2.45, 2.75) is 18.1 Å². The Morgan fingerprint density at radius 2 is 2.31 bits per heavy atom. The first-order valence-corrected chi connectivity index (χ1v) is 4.41. The van der Waals surface area contributed by atoms with Crippen molar-refractivity contribution in [3.05, 3.63) is 11.8 Å². The standard InChI is InChI=1S/C6H10N2O3S.Na/c1-4(9)5-3-6(12(10)11)7-8(5)2;/h3-4,9H,1-2H3,(H,10,11);/q;+1/p-1. The molecule has 1 aromatic rings. The fraction of sp³-hybridized carbons (Fsp3) is 0.500. The maximum absolute atomic E-state index is 10.4. The number of nitrogens with zero attached hydrogens (tertiary/aromatic N) is 2. The van der Waals surface area contributed by atoms with Gasteiger partial charge in [-0.05, 0) is 24.1 Å². The molecule has 1 rings (SSSR count). The van der Waals surface area contributed by atoms with Crippen LogP contribution in [0.1, 0.15) is 18.7 Å². The quantitative estimate of drug-likeness (QED) is 0.412. The minimum atomic E-state index is -2.33. The average molecular weight is 212 g/mol. The Hall–Kier alpha value is 0.280. The molecule has 13 heavy (non-hydrogen) atoms. The van der Waals surface area contributed by atoms with Crippen LogP contribution in [-0.2, 0) is 18.1 Å². The van der Waals surface area contributed by atoms with Crippen molar-refractivity contribution < 1.29 is 43.4 Å². The normalized spacial score (nSPS) is 14.8. The van der Waals surface area contributed by atoms with Crippen molar-refractivity contribution in [2.75, 3.05) is 0 Å². The van der Waals surface area contributed by atoms with Gasteiger partial charge in [-0.3, -0.25) is 8.89 Å². The van der Waals surface area contributed by atoms with Crippen LogP contribution in [0.25, 0.3) is 0 Å². The number of aliphatic hydroxyl groups excluding tert-OH is 1. The molecule has 0 aliphatic rings. The summed E-state index contributed by atoms with van der Waals surface area (Å²) in [5.41, 5.74) is 0.481. The summed E-state index contributed by atoms with van der Waals surface area (Å²) in [6.07, 6.45) is -0.709. The third kappa shape index (κ3) is 3.16. The Labute approximate surface area is 101 Å². The molecular weight excluding hydrogens is 203 g/mol. The van der Waals surface area contributed by atoms with Crippen LogP contribution in [0.3, 0.4) is 0 Å². The van der Waals surface area contributed by atoms with E-state index in [4.69, 9.17) is 5.11 Å². The van der Waals surface area contributed by atoms with Gasteiger partial charge < -0.3 is 9.66 Å². The topological polar surface area (TPSA) is 78.2 Å². The van der Waals surface area contributed by atoms with E-state index in [-0.39, 0.29) is 34.6 Å². The van der Waals surface area contributed by atoms with Crippen LogP contribution in [0.2, 0.25) is 0 Å². The average Bonchev–Trinajstić information content (AvgIpc) is 2.30.